The number of rotatable bonds is 6. The van der Waals surface area contributed by atoms with E-state index in [-0.39, 0.29) is 30.5 Å². The lowest BCUT2D eigenvalue weighted by molar-refractivity contribution is 0.0665. The Hall–Kier alpha value is -3.08. The van der Waals surface area contributed by atoms with E-state index in [0.717, 1.165) is 5.56 Å². The summed E-state index contributed by atoms with van der Waals surface area (Å²) >= 11 is 12.3. The smallest absolute Gasteiger partial charge is 0.410 e. The minimum Gasteiger partial charge on any atom is -0.445 e. The van der Waals surface area contributed by atoms with Gasteiger partial charge in [-0.05, 0) is 18.9 Å². The third-order valence-electron chi connectivity index (χ3n) is 5.70. The van der Waals surface area contributed by atoms with E-state index in [1.165, 1.54) is 0 Å². The standard InChI is InChI=1S/C22H24Cl2N6O4/c1-13-18(23)19(24)20(25-13)21(32)26-16-7-8-29(10-17(16)30-9-15(11-31)27-28-30)22(33)34-12-14-5-3-2-4-6-14/h2-6,9,16-17,25,31H,7-8,10-12H2,1H3,(H,26,32)/t16-,17+/m1/s1. The monoisotopic (exact) mass is 506 g/mol. The predicted octanol–water partition coefficient (Wildman–Crippen LogP) is 3.10. The normalized spacial score (nSPS) is 18.1. The first-order valence-electron chi connectivity index (χ1n) is 10.7. The molecule has 1 aromatic carbocycles. The van der Waals surface area contributed by atoms with Gasteiger partial charge < -0.3 is 25.0 Å². The van der Waals surface area contributed by atoms with Gasteiger partial charge in [0.05, 0.1) is 34.9 Å². The molecule has 2 aromatic heterocycles. The van der Waals surface area contributed by atoms with Gasteiger partial charge in [0, 0.05) is 18.8 Å². The maximum atomic E-state index is 12.9. The van der Waals surface area contributed by atoms with Crippen LogP contribution in [0.1, 0.15) is 39.9 Å². The number of nitrogens with zero attached hydrogens (tertiary/aromatic N) is 4. The minimum absolute atomic E-state index is 0.151. The number of ether oxygens (including phenoxy) is 1. The number of hydrogen-bond donors (Lipinski definition) is 3. The Morgan fingerprint density at radius 3 is 2.68 bits per heavy atom. The van der Waals surface area contributed by atoms with Gasteiger partial charge in [0.25, 0.3) is 5.91 Å². The number of aromatic amines is 1. The van der Waals surface area contributed by atoms with E-state index < -0.39 is 24.1 Å². The maximum Gasteiger partial charge on any atom is 0.410 e. The average molecular weight is 507 g/mol. The third-order valence-corrected chi connectivity index (χ3v) is 6.65. The summed E-state index contributed by atoms with van der Waals surface area (Å²) in [6.45, 7) is 2.20. The molecular formula is C22H24Cl2N6O4. The van der Waals surface area contributed by atoms with Crippen LogP contribution in [-0.2, 0) is 18.0 Å². The van der Waals surface area contributed by atoms with Crippen molar-refractivity contribution in [1.82, 2.24) is 30.2 Å². The van der Waals surface area contributed by atoms with Crippen LogP contribution in [0.5, 0.6) is 0 Å². The molecule has 34 heavy (non-hydrogen) atoms. The largest absolute Gasteiger partial charge is 0.445 e. The van der Waals surface area contributed by atoms with Gasteiger partial charge in [-0.25, -0.2) is 9.48 Å². The van der Waals surface area contributed by atoms with Crippen LogP contribution in [0.15, 0.2) is 36.5 Å². The molecule has 0 unspecified atom stereocenters. The molecule has 3 heterocycles. The molecule has 2 amide bonds. The molecule has 3 aromatic rings. The number of nitrogens with one attached hydrogen (secondary N) is 2. The summed E-state index contributed by atoms with van der Waals surface area (Å²) in [4.78, 5) is 30.1. The number of hydrogen-bond acceptors (Lipinski definition) is 6. The van der Waals surface area contributed by atoms with E-state index in [2.05, 4.69) is 20.6 Å². The molecule has 1 aliphatic heterocycles. The first-order valence-corrected chi connectivity index (χ1v) is 11.4. The van der Waals surface area contributed by atoms with Crippen molar-refractivity contribution in [2.24, 2.45) is 0 Å². The highest BCUT2D eigenvalue weighted by Crippen LogP contribution is 2.30. The van der Waals surface area contributed by atoms with Gasteiger partial charge in [-0.1, -0.05) is 58.7 Å². The van der Waals surface area contributed by atoms with E-state index in [9.17, 15) is 14.7 Å². The number of carbonyl (C=O) groups excluding carboxylic acids is 2. The number of H-pyrrole nitrogens is 1. The second kappa shape index (κ2) is 10.5. The van der Waals surface area contributed by atoms with Crippen molar-refractivity contribution in [3.63, 3.8) is 0 Å². The Labute approximate surface area is 205 Å². The van der Waals surface area contributed by atoms with E-state index in [1.807, 2.05) is 30.3 Å². The predicted molar refractivity (Wildman–Crippen MR) is 125 cm³/mol. The van der Waals surface area contributed by atoms with Crippen LogP contribution in [0.25, 0.3) is 0 Å². The number of aromatic nitrogens is 4. The van der Waals surface area contributed by atoms with Crippen LogP contribution in [-0.4, -0.2) is 61.1 Å². The van der Waals surface area contributed by atoms with Crippen LogP contribution in [0.3, 0.4) is 0 Å². The van der Waals surface area contributed by atoms with E-state index >= 15 is 0 Å². The quantitative estimate of drug-likeness (QED) is 0.471. The van der Waals surface area contributed by atoms with Gasteiger partial charge in [-0.2, -0.15) is 0 Å². The number of amides is 2. The van der Waals surface area contributed by atoms with Crippen LogP contribution in [0, 0.1) is 6.92 Å². The van der Waals surface area contributed by atoms with Gasteiger partial charge in [0.2, 0.25) is 0 Å². The molecule has 180 valence electrons. The molecule has 1 aliphatic rings. The van der Waals surface area contributed by atoms with E-state index in [4.69, 9.17) is 27.9 Å². The van der Waals surface area contributed by atoms with Crippen molar-refractivity contribution < 1.29 is 19.4 Å². The molecule has 0 saturated carbocycles. The Kier molecular flexibility index (Phi) is 7.40. The fraction of sp³-hybridized carbons (Fsp3) is 0.364. The number of carbonyl (C=O) groups is 2. The summed E-state index contributed by atoms with van der Waals surface area (Å²) < 4.78 is 7.02. The van der Waals surface area contributed by atoms with Crippen molar-refractivity contribution in [2.75, 3.05) is 13.1 Å². The number of piperidine rings is 1. The lowest BCUT2D eigenvalue weighted by Gasteiger charge is -2.38. The van der Waals surface area contributed by atoms with Gasteiger partial charge in [-0.15, -0.1) is 5.10 Å². The third kappa shape index (κ3) is 5.19. The Morgan fingerprint density at radius 1 is 1.26 bits per heavy atom. The number of likely N-dealkylation sites (tertiary alicyclic amines) is 1. The molecule has 0 spiro atoms. The zero-order chi connectivity index (χ0) is 24.2. The van der Waals surface area contributed by atoms with Crippen LogP contribution in [0.2, 0.25) is 10.0 Å². The molecule has 4 rings (SSSR count). The second-order valence-electron chi connectivity index (χ2n) is 8.02. The SMILES string of the molecule is Cc1[nH]c(C(=O)N[C@@H]2CCN(C(=O)OCc3ccccc3)C[C@@H]2n2cc(CO)nn2)c(Cl)c1Cl. The first kappa shape index (κ1) is 24.1. The van der Waals surface area contributed by atoms with Crippen molar-refractivity contribution >= 4 is 35.2 Å². The maximum absolute atomic E-state index is 12.9. The Balaban J connectivity index is 1.49. The first-order chi connectivity index (χ1) is 16.4. The molecule has 0 aliphatic carbocycles. The number of halogens is 2. The summed E-state index contributed by atoms with van der Waals surface area (Å²) in [6.07, 6.45) is 1.57. The lowest BCUT2D eigenvalue weighted by atomic mass is 9.99. The molecule has 1 saturated heterocycles. The number of aliphatic hydroxyl groups is 1. The summed E-state index contributed by atoms with van der Waals surface area (Å²) in [5, 5.41) is 20.8. The minimum atomic E-state index is -0.462. The van der Waals surface area contributed by atoms with Crippen LogP contribution < -0.4 is 5.32 Å². The van der Waals surface area contributed by atoms with Crippen LogP contribution in [0.4, 0.5) is 4.79 Å². The summed E-state index contributed by atoms with van der Waals surface area (Å²) in [6, 6.07) is 8.57. The Morgan fingerprint density at radius 2 is 2.03 bits per heavy atom. The molecule has 0 radical (unpaired) electrons. The van der Waals surface area contributed by atoms with Crippen LogP contribution >= 0.6 is 23.2 Å². The fourth-order valence-electron chi connectivity index (χ4n) is 3.86. The number of aliphatic hydroxyl groups excluding tert-OH is 1. The second-order valence-corrected chi connectivity index (χ2v) is 8.78. The topological polar surface area (TPSA) is 125 Å². The van der Waals surface area contributed by atoms with E-state index in [0.29, 0.717) is 29.4 Å². The zero-order valence-corrected chi connectivity index (χ0v) is 19.9. The molecule has 3 N–H and O–H groups in total. The van der Waals surface area contributed by atoms with Crippen molar-refractivity contribution in [3.8, 4) is 0 Å². The van der Waals surface area contributed by atoms with Crippen molar-refractivity contribution in [3.05, 3.63) is 69.2 Å². The van der Waals surface area contributed by atoms with Crippen molar-refractivity contribution in [2.45, 2.75) is 38.6 Å². The molecule has 12 heteroatoms. The van der Waals surface area contributed by atoms with Crippen molar-refractivity contribution in [1.29, 1.82) is 0 Å². The molecular weight excluding hydrogens is 483 g/mol. The summed E-state index contributed by atoms with van der Waals surface area (Å²) in [5.74, 6) is -0.419. The number of aryl methyl sites for hydroxylation is 1. The van der Waals surface area contributed by atoms with Gasteiger partial charge in [0.1, 0.15) is 18.0 Å². The molecule has 2 atom stereocenters. The highest BCUT2D eigenvalue weighted by molar-refractivity contribution is 6.44. The zero-order valence-electron chi connectivity index (χ0n) is 18.4. The summed E-state index contributed by atoms with van der Waals surface area (Å²) in [7, 11) is 0. The number of benzene rings is 1. The Bertz CT molecular complexity index is 1170. The average Bonchev–Trinajstić information content (AvgIpc) is 3.44. The molecule has 10 nitrogen and oxygen atoms in total. The van der Waals surface area contributed by atoms with Gasteiger partial charge in [0.15, 0.2) is 0 Å². The molecule has 1 fully saturated rings. The molecule has 0 bridgehead atoms. The summed E-state index contributed by atoms with van der Waals surface area (Å²) in [5.41, 5.74) is 2.02. The highest BCUT2D eigenvalue weighted by atomic mass is 35.5. The highest BCUT2D eigenvalue weighted by Gasteiger charge is 2.36. The van der Waals surface area contributed by atoms with Gasteiger partial charge >= 0.3 is 6.09 Å². The van der Waals surface area contributed by atoms with Gasteiger partial charge in [-0.3, -0.25) is 4.79 Å². The fourth-order valence-corrected chi connectivity index (χ4v) is 4.28. The van der Waals surface area contributed by atoms with E-state index in [1.54, 1.807) is 22.7 Å². The lowest BCUT2D eigenvalue weighted by Crippen LogP contribution is -2.53.